The predicted octanol–water partition coefficient (Wildman–Crippen LogP) is 1.24. The average Bonchev–Trinajstić information content (AvgIpc) is 2.39. The molecular formula is C11H14ClNO5. The highest BCUT2D eigenvalue weighted by Gasteiger charge is 2.27. The van der Waals surface area contributed by atoms with Gasteiger partial charge in [0.05, 0.1) is 23.7 Å². The molecule has 0 amide bonds. The molecular weight excluding hydrogens is 262 g/mol. The Bertz CT molecular complexity index is 401. The van der Waals surface area contributed by atoms with E-state index in [1.165, 1.54) is 18.2 Å². The Morgan fingerprint density at radius 1 is 1.44 bits per heavy atom. The normalized spacial score (nSPS) is 14.2. The predicted molar refractivity (Wildman–Crippen MR) is 65.6 cm³/mol. The molecule has 0 saturated carbocycles. The van der Waals surface area contributed by atoms with Crippen molar-refractivity contribution in [3.63, 3.8) is 0 Å². The van der Waals surface area contributed by atoms with Crippen LogP contribution in [-0.4, -0.2) is 40.3 Å². The Kier molecular flexibility index (Phi) is 6.00. The molecule has 0 bridgehead atoms. The first-order valence-corrected chi connectivity index (χ1v) is 5.85. The van der Waals surface area contributed by atoms with Crippen molar-refractivity contribution in [1.29, 1.82) is 0 Å². The molecule has 0 saturated heterocycles. The summed E-state index contributed by atoms with van der Waals surface area (Å²) in [6.45, 7) is -0.311. The van der Waals surface area contributed by atoms with E-state index in [4.69, 9.17) is 21.4 Å². The largest absolute Gasteiger partial charge is 0.394 e. The molecule has 18 heavy (non-hydrogen) atoms. The maximum atomic E-state index is 10.8. The fourth-order valence-corrected chi connectivity index (χ4v) is 1.63. The average molecular weight is 276 g/mol. The van der Waals surface area contributed by atoms with Gasteiger partial charge >= 0.3 is 0 Å². The smallest absolute Gasteiger partial charge is 0.275 e. The Morgan fingerprint density at radius 3 is 2.67 bits per heavy atom. The minimum atomic E-state index is -1.28. The summed E-state index contributed by atoms with van der Waals surface area (Å²) in [5, 5.41) is 29.9. The Labute approximate surface area is 109 Å². The van der Waals surface area contributed by atoms with Crippen molar-refractivity contribution in [3.8, 4) is 0 Å². The van der Waals surface area contributed by atoms with Crippen molar-refractivity contribution < 1.29 is 19.9 Å². The molecule has 0 fully saturated rings. The highest BCUT2D eigenvalue weighted by Crippen LogP contribution is 2.27. The number of nitro groups is 1. The van der Waals surface area contributed by atoms with Crippen molar-refractivity contribution in [2.24, 2.45) is 0 Å². The standard InChI is InChI=1S/C11H14ClNO5/c12-5-6-18-10(7-14)11(15)8-3-1-2-4-9(8)13(16)17/h1-4,10-11,14-15H,5-7H2/t10-,11+/m1/s1. The van der Waals surface area contributed by atoms with Gasteiger partial charge in [-0.15, -0.1) is 11.6 Å². The van der Waals surface area contributed by atoms with Crippen LogP contribution in [0.5, 0.6) is 0 Å². The number of benzene rings is 1. The molecule has 0 aromatic heterocycles. The minimum absolute atomic E-state index is 0.108. The molecule has 0 aliphatic carbocycles. The highest BCUT2D eigenvalue weighted by molar-refractivity contribution is 6.17. The van der Waals surface area contributed by atoms with E-state index in [-0.39, 0.29) is 23.7 Å². The monoisotopic (exact) mass is 275 g/mol. The third-order valence-electron chi connectivity index (χ3n) is 2.39. The lowest BCUT2D eigenvalue weighted by atomic mass is 10.0. The molecule has 2 atom stereocenters. The summed E-state index contributed by atoms with van der Waals surface area (Å²) in [5.41, 5.74) is -0.103. The fourth-order valence-electron chi connectivity index (χ4n) is 1.54. The van der Waals surface area contributed by atoms with E-state index in [2.05, 4.69) is 0 Å². The molecule has 0 aliphatic rings. The maximum Gasteiger partial charge on any atom is 0.275 e. The van der Waals surface area contributed by atoms with Gasteiger partial charge in [-0.25, -0.2) is 0 Å². The van der Waals surface area contributed by atoms with Gasteiger partial charge in [-0.1, -0.05) is 12.1 Å². The van der Waals surface area contributed by atoms with E-state index < -0.39 is 23.7 Å². The molecule has 2 N–H and O–H groups in total. The highest BCUT2D eigenvalue weighted by atomic mass is 35.5. The third-order valence-corrected chi connectivity index (χ3v) is 2.55. The number of nitrogens with zero attached hydrogens (tertiary/aromatic N) is 1. The number of para-hydroxylation sites is 1. The molecule has 0 aliphatic heterocycles. The van der Waals surface area contributed by atoms with Crippen molar-refractivity contribution in [3.05, 3.63) is 39.9 Å². The molecule has 0 spiro atoms. The number of aliphatic hydroxyl groups is 2. The van der Waals surface area contributed by atoms with E-state index in [0.717, 1.165) is 0 Å². The molecule has 7 heteroatoms. The molecule has 100 valence electrons. The second kappa shape index (κ2) is 7.27. The van der Waals surface area contributed by atoms with Crippen LogP contribution in [0.2, 0.25) is 0 Å². The number of ether oxygens (including phenoxy) is 1. The molecule has 6 nitrogen and oxygen atoms in total. The lowest BCUT2D eigenvalue weighted by Gasteiger charge is -2.21. The number of hydrogen-bond acceptors (Lipinski definition) is 5. The second-order valence-corrected chi connectivity index (χ2v) is 3.92. The van der Waals surface area contributed by atoms with Crippen molar-refractivity contribution >= 4 is 17.3 Å². The van der Waals surface area contributed by atoms with Gasteiger partial charge in [-0.2, -0.15) is 0 Å². The summed E-state index contributed by atoms with van der Waals surface area (Å²) in [5.74, 6) is 0.208. The summed E-state index contributed by atoms with van der Waals surface area (Å²) < 4.78 is 5.14. The minimum Gasteiger partial charge on any atom is -0.394 e. The van der Waals surface area contributed by atoms with Gasteiger partial charge in [0.1, 0.15) is 12.2 Å². The van der Waals surface area contributed by atoms with Gasteiger partial charge in [0.25, 0.3) is 5.69 Å². The number of nitro benzene ring substituents is 1. The van der Waals surface area contributed by atoms with Crippen LogP contribution in [0.3, 0.4) is 0 Å². The first-order chi connectivity index (χ1) is 8.61. The zero-order chi connectivity index (χ0) is 13.5. The zero-order valence-electron chi connectivity index (χ0n) is 9.53. The number of alkyl halides is 1. The van der Waals surface area contributed by atoms with Crippen LogP contribution >= 0.6 is 11.6 Å². The molecule has 1 aromatic carbocycles. The lowest BCUT2D eigenvalue weighted by molar-refractivity contribution is -0.386. The van der Waals surface area contributed by atoms with Crippen LogP contribution in [0.25, 0.3) is 0 Å². The second-order valence-electron chi connectivity index (χ2n) is 3.54. The summed E-state index contributed by atoms with van der Waals surface area (Å²) in [6.07, 6.45) is -2.22. The van der Waals surface area contributed by atoms with Gasteiger partial charge in [-0.3, -0.25) is 10.1 Å². The van der Waals surface area contributed by atoms with Crippen molar-refractivity contribution in [2.75, 3.05) is 19.1 Å². The summed E-state index contributed by atoms with van der Waals surface area (Å²) in [7, 11) is 0. The van der Waals surface area contributed by atoms with E-state index in [1.807, 2.05) is 0 Å². The van der Waals surface area contributed by atoms with Gasteiger partial charge in [0.2, 0.25) is 0 Å². The van der Waals surface area contributed by atoms with Crippen molar-refractivity contribution in [1.82, 2.24) is 0 Å². The first kappa shape index (κ1) is 14.8. The molecule has 0 radical (unpaired) electrons. The van der Waals surface area contributed by atoms with Crippen LogP contribution in [0.4, 0.5) is 5.69 Å². The van der Waals surface area contributed by atoms with Gasteiger partial charge in [-0.05, 0) is 6.07 Å². The Hall–Kier alpha value is -1.21. The number of halogens is 1. The summed E-state index contributed by atoms with van der Waals surface area (Å²) in [6, 6.07) is 5.79. The van der Waals surface area contributed by atoms with Gasteiger partial charge in [0.15, 0.2) is 0 Å². The van der Waals surface area contributed by atoms with Crippen LogP contribution in [0.15, 0.2) is 24.3 Å². The van der Waals surface area contributed by atoms with Gasteiger partial charge < -0.3 is 14.9 Å². The van der Waals surface area contributed by atoms with E-state index in [9.17, 15) is 15.2 Å². The first-order valence-electron chi connectivity index (χ1n) is 5.31. The molecule has 1 aromatic rings. The van der Waals surface area contributed by atoms with Crippen molar-refractivity contribution in [2.45, 2.75) is 12.2 Å². The molecule has 0 unspecified atom stereocenters. The van der Waals surface area contributed by atoms with Crippen LogP contribution in [-0.2, 0) is 4.74 Å². The summed E-state index contributed by atoms with van der Waals surface area (Å²) >= 11 is 5.44. The van der Waals surface area contributed by atoms with Crippen LogP contribution in [0.1, 0.15) is 11.7 Å². The van der Waals surface area contributed by atoms with E-state index >= 15 is 0 Å². The fraction of sp³-hybridized carbons (Fsp3) is 0.455. The lowest BCUT2D eigenvalue weighted by Crippen LogP contribution is -2.27. The van der Waals surface area contributed by atoms with Crippen LogP contribution < -0.4 is 0 Å². The molecule has 1 rings (SSSR count). The van der Waals surface area contributed by atoms with Crippen LogP contribution in [0, 0.1) is 10.1 Å². The third kappa shape index (κ3) is 3.64. The molecule has 0 heterocycles. The topological polar surface area (TPSA) is 92.8 Å². The quantitative estimate of drug-likeness (QED) is 0.444. The summed E-state index contributed by atoms with van der Waals surface area (Å²) in [4.78, 5) is 10.2. The number of rotatable bonds is 7. The SMILES string of the molecule is O=[N+]([O-])c1ccccc1[C@H](O)[C@@H](CO)OCCCl. The van der Waals surface area contributed by atoms with E-state index in [1.54, 1.807) is 6.07 Å². The van der Waals surface area contributed by atoms with Gasteiger partial charge in [0, 0.05) is 11.9 Å². The number of aliphatic hydroxyl groups excluding tert-OH is 2. The zero-order valence-corrected chi connectivity index (χ0v) is 10.3. The van der Waals surface area contributed by atoms with E-state index in [0.29, 0.717) is 0 Å². The Morgan fingerprint density at radius 2 is 2.11 bits per heavy atom. The Balaban J connectivity index is 2.93. The maximum absolute atomic E-state index is 10.8. The number of hydrogen-bond donors (Lipinski definition) is 2.